The van der Waals surface area contributed by atoms with Crippen LogP contribution in [-0.2, 0) is 6.42 Å². The smallest absolute Gasteiger partial charge is 0.335 e. The topological polar surface area (TPSA) is 61.1 Å². The minimum absolute atomic E-state index is 0.178. The molecule has 0 aliphatic carbocycles. The predicted octanol–water partition coefficient (Wildman–Crippen LogP) is 1.86. The maximum absolute atomic E-state index is 10.5. The Labute approximate surface area is 70.8 Å². The van der Waals surface area contributed by atoms with Gasteiger partial charge in [-0.3, -0.25) is 0 Å². The summed E-state index contributed by atoms with van der Waals surface area (Å²) in [7, 11) is 0. The van der Waals surface area contributed by atoms with Gasteiger partial charge in [-0.25, -0.2) is 4.79 Å². The van der Waals surface area contributed by atoms with Gasteiger partial charge in [-0.15, -0.1) is 0 Å². The average Bonchev–Trinajstić information content (AvgIpc) is 2.04. The van der Waals surface area contributed by atoms with E-state index in [-0.39, 0.29) is 5.56 Å². The predicted molar refractivity (Wildman–Crippen MR) is 45.5 cm³/mol. The van der Waals surface area contributed by atoms with Gasteiger partial charge in [0.2, 0.25) is 0 Å². The molecule has 0 unspecified atom stereocenters. The highest BCUT2D eigenvalue weighted by atomic mass is 16.4. The maximum atomic E-state index is 10.5. The van der Waals surface area contributed by atoms with Crippen molar-refractivity contribution in [2.24, 2.45) is 0 Å². The molecule has 0 aliphatic rings. The van der Waals surface area contributed by atoms with Crippen molar-refractivity contribution in [2.45, 2.75) is 13.3 Å². The van der Waals surface area contributed by atoms with Gasteiger partial charge in [0, 0.05) is 0 Å². The zero-order valence-electron chi connectivity index (χ0n) is 6.79. The summed E-state index contributed by atoms with van der Waals surface area (Å²) in [5.41, 5.74) is 8.80. The van der Waals surface area contributed by atoms with Crippen LogP contribution in [0.5, 0.6) is 0 Å². The average molecular weight is 164 g/mol. The third kappa shape index (κ3) is 1.56. The molecule has 0 aliphatic heterocycles. The quantitative estimate of drug-likeness (QED) is 0.725. The summed E-state index contributed by atoms with van der Waals surface area (Å²) < 4.78 is 0. The van der Waals surface area contributed by atoms with E-state index in [2.05, 4.69) is 0 Å². The highest BCUT2D eigenvalue weighted by Crippen LogP contribution is 2.15. The monoisotopic (exact) mass is 164 g/mol. The number of benzene rings is 1. The number of rotatable bonds is 2. The first-order valence-electron chi connectivity index (χ1n) is 3.73. The van der Waals surface area contributed by atoms with Crippen LogP contribution in [0.15, 0.2) is 18.2 Å². The molecule has 12 heavy (non-hydrogen) atoms. The molecule has 0 amide bonds. The zero-order chi connectivity index (χ0) is 9.14. The van der Waals surface area contributed by atoms with E-state index in [4.69, 9.17) is 10.8 Å². The van der Waals surface area contributed by atoms with Crippen LogP contribution in [-0.4, -0.2) is 11.1 Å². The summed E-state index contributed by atoms with van der Waals surface area (Å²) >= 11 is 0. The van der Waals surface area contributed by atoms with Crippen molar-refractivity contribution in [3.63, 3.8) is 0 Å². The largest absolute Gasteiger partial charge is 0.478 e. The Bertz CT molecular complexity index is 307. The highest BCUT2D eigenvalue weighted by molar-refractivity contribution is 5.88. The fourth-order valence-corrected chi connectivity index (χ4v) is 1.02. The number of aromatic carboxylic acids is 1. The number of hydrogen-bond acceptors (Lipinski definition) is 1. The minimum Gasteiger partial charge on any atom is -0.478 e. The first-order valence-corrected chi connectivity index (χ1v) is 3.73. The molecule has 63 valence electrons. The Balaban J connectivity index is 3.10. The van der Waals surface area contributed by atoms with Crippen molar-refractivity contribution >= 4 is 11.7 Å². The van der Waals surface area contributed by atoms with Crippen LogP contribution in [0.3, 0.4) is 0 Å². The van der Waals surface area contributed by atoms with Crippen molar-refractivity contribution in [2.75, 3.05) is 0 Å². The molecule has 0 saturated carbocycles. The first kappa shape index (κ1) is 8.59. The fraction of sp³-hybridized carbons (Fsp3) is 0.222. The Morgan fingerprint density at radius 2 is 2.25 bits per heavy atom. The van der Waals surface area contributed by atoms with Crippen molar-refractivity contribution in [1.82, 2.24) is 5.73 Å². The molecule has 1 aromatic rings. The van der Waals surface area contributed by atoms with E-state index in [1.165, 1.54) is 12.1 Å². The second kappa shape index (κ2) is 3.26. The van der Waals surface area contributed by atoms with Crippen LogP contribution < -0.4 is 5.73 Å². The van der Waals surface area contributed by atoms with Crippen LogP contribution in [0.25, 0.3) is 0 Å². The van der Waals surface area contributed by atoms with E-state index in [1.54, 1.807) is 6.07 Å². The lowest BCUT2D eigenvalue weighted by Gasteiger charge is -2.01. The maximum Gasteiger partial charge on any atom is 0.335 e. The zero-order valence-corrected chi connectivity index (χ0v) is 6.79. The van der Waals surface area contributed by atoms with Gasteiger partial charge in [0.05, 0.1) is 11.3 Å². The Hall–Kier alpha value is -1.51. The van der Waals surface area contributed by atoms with Gasteiger partial charge in [0.1, 0.15) is 0 Å². The van der Waals surface area contributed by atoms with Crippen LogP contribution in [0.1, 0.15) is 22.8 Å². The number of carbonyl (C=O) groups is 1. The molecule has 0 fully saturated rings. The van der Waals surface area contributed by atoms with E-state index < -0.39 is 5.97 Å². The Morgan fingerprint density at radius 3 is 2.67 bits per heavy atom. The molecule has 0 atom stereocenters. The minimum atomic E-state index is -0.980. The van der Waals surface area contributed by atoms with E-state index in [0.717, 1.165) is 12.0 Å². The molecule has 3 nitrogen and oxygen atoms in total. The molecule has 1 rings (SSSR count). The summed E-state index contributed by atoms with van der Waals surface area (Å²) in [6, 6.07) is 4.59. The molecular weight excluding hydrogens is 154 g/mol. The summed E-state index contributed by atoms with van der Waals surface area (Å²) in [5, 5.41) is 8.59. The molecule has 2 N–H and O–H groups in total. The summed E-state index contributed by atoms with van der Waals surface area (Å²) in [5.74, 6) is -0.980. The fourth-order valence-electron chi connectivity index (χ4n) is 1.02. The highest BCUT2D eigenvalue weighted by Gasteiger charge is 2.04. The summed E-state index contributed by atoms with van der Waals surface area (Å²) in [4.78, 5) is 10.5. The van der Waals surface area contributed by atoms with Gasteiger partial charge in [0.15, 0.2) is 0 Å². The van der Waals surface area contributed by atoms with Crippen LogP contribution in [0.2, 0.25) is 0 Å². The molecule has 0 heterocycles. The Kier molecular flexibility index (Phi) is 2.33. The standard InChI is InChI=1S/C9H10NO2/c1-2-6-3-4-7(9(11)12)5-8(6)10/h3-5,10H,2H2,1H3,(H,11,12). The van der Waals surface area contributed by atoms with Gasteiger partial charge in [0.25, 0.3) is 0 Å². The van der Waals surface area contributed by atoms with E-state index in [9.17, 15) is 4.79 Å². The van der Waals surface area contributed by atoms with Gasteiger partial charge in [-0.1, -0.05) is 13.0 Å². The normalized spacial score (nSPS) is 9.75. The molecule has 1 aromatic carbocycles. The lowest BCUT2D eigenvalue weighted by molar-refractivity contribution is 0.0697. The molecule has 0 bridgehead atoms. The molecule has 0 saturated heterocycles. The van der Waals surface area contributed by atoms with Gasteiger partial charge in [-0.2, -0.15) is 0 Å². The van der Waals surface area contributed by atoms with Gasteiger partial charge in [-0.05, 0) is 24.1 Å². The molecule has 1 radical (unpaired) electrons. The van der Waals surface area contributed by atoms with Gasteiger partial charge < -0.3 is 10.8 Å². The molecular formula is C9H10NO2. The third-order valence-electron chi connectivity index (χ3n) is 1.74. The summed E-state index contributed by atoms with van der Waals surface area (Å²) in [6.07, 6.45) is 0.763. The number of nitrogens with one attached hydrogen (secondary N) is 1. The van der Waals surface area contributed by atoms with Crippen LogP contribution in [0.4, 0.5) is 5.69 Å². The van der Waals surface area contributed by atoms with Crippen LogP contribution in [0, 0.1) is 0 Å². The third-order valence-corrected chi connectivity index (χ3v) is 1.74. The van der Waals surface area contributed by atoms with E-state index in [1.807, 2.05) is 6.92 Å². The number of aryl methyl sites for hydroxylation is 1. The lowest BCUT2D eigenvalue weighted by atomic mass is 10.1. The number of hydrogen-bond donors (Lipinski definition) is 1. The van der Waals surface area contributed by atoms with Crippen molar-refractivity contribution in [3.8, 4) is 0 Å². The molecule has 0 aromatic heterocycles. The van der Waals surface area contributed by atoms with E-state index >= 15 is 0 Å². The Morgan fingerprint density at radius 1 is 1.58 bits per heavy atom. The van der Waals surface area contributed by atoms with Crippen molar-refractivity contribution in [3.05, 3.63) is 29.3 Å². The number of carboxylic acid groups (broad SMARTS) is 1. The SMILES string of the molecule is CCc1ccc(C(=O)O)cc1[NH]. The number of carboxylic acids is 1. The first-order chi connectivity index (χ1) is 5.65. The second-order valence-electron chi connectivity index (χ2n) is 2.53. The van der Waals surface area contributed by atoms with Crippen LogP contribution >= 0.6 is 0 Å². The van der Waals surface area contributed by atoms with Gasteiger partial charge >= 0.3 is 5.97 Å². The molecule has 3 heteroatoms. The van der Waals surface area contributed by atoms with E-state index in [0.29, 0.717) is 5.69 Å². The van der Waals surface area contributed by atoms with Crippen molar-refractivity contribution in [1.29, 1.82) is 0 Å². The summed E-state index contributed by atoms with van der Waals surface area (Å²) in [6.45, 7) is 1.94. The molecule has 0 spiro atoms. The lowest BCUT2D eigenvalue weighted by Crippen LogP contribution is -1.96. The van der Waals surface area contributed by atoms with Crippen molar-refractivity contribution < 1.29 is 9.90 Å². The second-order valence-corrected chi connectivity index (χ2v) is 2.53.